The molecule has 1 saturated heterocycles. The number of benzene rings is 1. The quantitative estimate of drug-likeness (QED) is 0.812. The van der Waals surface area contributed by atoms with Crippen molar-refractivity contribution in [2.75, 3.05) is 13.1 Å². The minimum atomic E-state index is 0.471. The Hall–Kier alpha value is -0.530. The van der Waals surface area contributed by atoms with Gasteiger partial charge < -0.3 is 5.32 Å². The maximum absolute atomic E-state index is 5.88. The highest BCUT2D eigenvalue weighted by Gasteiger charge is 2.26. The second-order valence-corrected chi connectivity index (χ2v) is 5.30. The Balaban J connectivity index is 2.03. The summed E-state index contributed by atoms with van der Waals surface area (Å²) in [6, 6.07) is 8.27. The zero-order valence-electron chi connectivity index (χ0n) is 9.22. The molecule has 0 atom stereocenters. The average Bonchev–Trinajstić information content (AvgIpc) is 2.22. The number of piperidine rings is 1. The third-order valence-electron chi connectivity index (χ3n) is 3.35. The highest BCUT2D eigenvalue weighted by Crippen LogP contribution is 2.32. The molecule has 1 aromatic rings. The standard InChI is InChI=1S/C13H18ClN/c1-13(6-8-15-9-7-13)10-11-2-4-12(14)5-3-11/h2-5,15H,6-10H2,1H3. The van der Waals surface area contributed by atoms with Crippen LogP contribution in [0.15, 0.2) is 24.3 Å². The van der Waals surface area contributed by atoms with Gasteiger partial charge >= 0.3 is 0 Å². The normalized spacial score (nSPS) is 20.1. The first-order valence-electron chi connectivity index (χ1n) is 5.63. The van der Waals surface area contributed by atoms with Gasteiger partial charge in [0.15, 0.2) is 0 Å². The summed E-state index contributed by atoms with van der Waals surface area (Å²) in [5.41, 5.74) is 1.88. The fourth-order valence-electron chi connectivity index (χ4n) is 2.30. The number of hydrogen-bond acceptors (Lipinski definition) is 1. The van der Waals surface area contributed by atoms with Crippen LogP contribution in [0.2, 0.25) is 5.02 Å². The SMILES string of the molecule is CC1(Cc2ccc(Cl)cc2)CCNCC1. The molecule has 0 radical (unpaired) electrons. The van der Waals surface area contributed by atoms with Crippen LogP contribution in [0.1, 0.15) is 25.3 Å². The predicted molar refractivity (Wildman–Crippen MR) is 65.4 cm³/mol. The summed E-state index contributed by atoms with van der Waals surface area (Å²) in [4.78, 5) is 0. The van der Waals surface area contributed by atoms with Gasteiger partial charge in [0.2, 0.25) is 0 Å². The number of hydrogen-bond donors (Lipinski definition) is 1. The Morgan fingerprint density at radius 3 is 2.40 bits per heavy atom. The first kappa shape index (κ1) is 11.0. The maximum Gasteiger partial charge on any atom is 0.0406 e. The number of halogens is 1. The van der Waals surface area contributed by atoms with Gasteiger partial charge in [-0.3, -0.25) is 0 Å². The van der Waals surface area contributed by atoms with Crippen molar-refractivity contribution in [2.24, 2.45) is 5.41 Å². The largest absolute Gasteiger partial charge is 0.317 e. The Kier molecular flexibility index (Phi) is 3.32. The molecule has 0 unspecified atom stereocenters. The van der Waals surface area contributed by atoms with E-state index in [0.717, 1.165) is 18.1 Å². The molecule has 2 heteroatoms. The van der Waals surface area contributed by atoms with E-state index in [-0.39, 0.29) is 0 Å². The first-order valence-corrected chi connectivity index (χ1v) is 6.01. The Morgan fingerprint density at radius 1 is 1.20 bits per heavy atom. The van der Waals surface area contributed by atoms with Gasteiger partial charge in [-0.15, -0.1) is 0 Å². The van der Waals surface area contributed by atoms with Crippen LogP contribution in [-0.2, 0) is 6.42 Å². The Bertz CT molecular complexity index is 312. The van der Waals surface area contributed by atoms with Crippen molar-refractivity contribution in [3.05, 3.63) is 34.9 Å². The topological polar surface area (TPSA) is 12.0 Å². The molecule has 0 amide bonds. The molecule has 0 aromatic heterocycles. The summed E-state index contributed by atoms with van der Waals surface area (Å²) in [6.45, 7) is 4.70. The minimum absolute atomic E-state index is 0.471. The summed E-state index contributed by atoms with van der Waals surface area (Å²) >= 11 is 5.88. The molecule has 1 heterocycles. The molecule has 0 aliphatic carbocycles. The fraction of sp³-hybridized carbons (Fsp3) is 0.538. The summed E-state index contributed by atoms with van der Waals surface area (Å²) in [7, 11) is 0. The van der Waals surface area contributed by atoms with Gasteiger partial charge in [0, 0.05) is 5.02 Å². The highest BCUT2D eigenvalue weighted by molar-refractivity contribution is 6.30. The molecule has 15 heavy (non-hydrogen) atoms. The second kappa shape index (κ2) is 4.54. The van der Waals surface area contributed by atoms with E-state index in [1.807, 2.05) is 12.1 Å². The lowest BCUT2D eigenvalue weighted by atomic mass is 9.76. The van der Waals surface area contributed by atoms with Gasteiger partial charge in [-0.1, -0.05) is 30.7 Å². The molecule has 0 spiro atoms. The minimum Gasteiger partial charge on any atom is -0.317 e. The molecule has 1 fully saturated rings. The molecule has 1 nitrogen and oxygen atoms in total. The molecular formula is C13H18ClN. The van der Waals surface area contributed by atoms with Gasteiger partial charge in [-0.2, -0.15) is 0 Å². The molecule has 1 N–H and O–H groups in total. The lowest BCUT2D eigenvalue weighted by molar-refractivity contribution is 0.228. The van der Waals surface area contributed by atoms with Crippen LogP contribution in [-0.4, -0.2) is 13.1 Å². The van der Waals surface area contributed by atoms with Crippen LogP contribution in [0.4, 0.5) is 0 Å². The fourth-order valence-corrected chi connectivity index (χ4v) is 2.43. The van der Waals surface area contributed by atoms with E-state index >= 15 is 0 Å². The van der Waals surface area contributed by atoms with Gasteiger partial charge in [-0.25, -0.2) is 0 Å². The lowest BCUT2D eigenvalue weighted by Gasteiger charge is -2.34. The van der Waals surface area contributed by atoms with Crippen molar-refractivity contribution in [2.45, 2.75) is 26.2 Å². The Labute approximate surface area is 96.8 Å². The van der Waals surface area contributed by atoms with Crippen LogP contribution in [0.3, 0.4) is 0 Å². The summed E-state index contributed by atoms with van der Waals surface area (Å²) in [6.07, 6.45) is 3.72. The maximum atomic E-state index is 5.88. The van der Waals surface area contributed by atoms with E-state index in [0.29, 0.717) is 5.41 Å². The van der Waals surface area contributed by atoms with Crippen molar-refractivity contribution in [1.82, 2.24) is 5.32 Å². The third kappa shape index (κ3) is 2.96. The van der Waals surface area contributed by atoms with Crippen molar-refractivity contribution in [3.8, 4) is 0 Å². The van der Waals surface area contributed by atoms with Gasteiger partial charge in [-0.05, 0) is 55.5 Å². The van der Waals surface area contributed by atoms with Gasteiger partial charge in [0.05, 0.1) is 0 Å². The van der Waals surface area contributed by atoms with Crippen molar-refractivity contribution < 1.29 is 0 Å². The van der Waals surface area contributed by atoms with E-state index in [9.17, 15) is 0 Å². The van der Waals surface area contributed by atoms with Crippen LogP contribution in [0.5, 0.6) is 0 Å². The van der Waals surface area contributed by atoms with E-state index in [1.54, 1.807) is 0 Å². The van der Waals surface area contributed by atoms with Gasteiger partial charge in [0.1, 0.15) is 0 Å². The molecule has 0 saturated carbocycles. The van der Waals surface area contributed by atoms with Crippen LogP contribution >= 0.6 is 11.6 Å². The van der Waals surface area contributed by atoms with Crippen molar-refractivity contribution in [3.63, 3.8) is 0 Å². The van der Waals surface area contributed by atoms with Crippen LogP contribution in [0, 0.1) is 5.41 Å². The molecule has 0 bridgehead atoms. The van der Waals surface area contributed by atoms with Crippen molar-refractivity contribution >= 4 is 11.6 Å². The zero-order chi connectivity index (χ0) is 10.7. The monoisotopic (exact) mass is 223 g/mol. The third-order valence-corrected chi connectivity index (χ3v) is 3.61. The summed E-state index contributed by atoms with van der Waals surface area (Å²) in [5.74, 6) is 0. The predicted octanol–water partition coefficient (Wildman–Crippen LogP) is 3.27. The summed E-state index contributed by atoms with van der Waals surface area (Å²) in [5, 5.41) is 4.24. The van der Waals surface area contributed by atoms with Crippen molar-refractivity contribution in [1.29, 1.82) is 0 Å². The molecule has 1 aliphatic heterocycles. The zero-order valence-corrected chi connectivity index (χ0v) is 9.98. The second-order valence-electron chi connectivity index (χ2n) is 4.86. The molecular weight excluding hydrogens is 206 g/mol. The molecule has 1 aromatic carbocycles. The number of nitrogens with one attached hydrogen (secondary N) is 1. The first-order chi connectivity index (χ1) is 7.18. The number of rotatable bonds is 2. The van der Waals surface area contributed by atoms with E-state index < -0.39 is 0 Å². The average molecular weight is 224 g/mol. The van der Waals surface area contributed by atoms with Crippen LogP contribution < -0.4 is 5.32 Å². The smallest absolute Gasteiger partial charge is 0.0406 e. The van der Waals surface area contributed by atoms with E-state index in [4.69, 9.17) is 11.6 Å². The lowest BCUT2D eigenvalue weighted by Crippen LogP contribution is -2.36. The Morgan fingerprint density at radius 2 is 1.80 bits per heavy atom. The van der Waals surface area contributed by atoms with E-state index in [2.05, 4.69) is 24.4 Å². The van der Waals surface area contributed by atoms with Gasteiger partial charge in [0.25, 0.3) is 0 Å². The molecule has 1 aliphatic rings. The molecule has 2 rings (SSSR count). The van der Waals surface area contributed by atoms with E-state index in [1.165, 1.54) is 24.8 Å². The summed E-state index contributed by atoms with van der Waals surface area (Å²) < 4.78 is 0. The van der Waals surface area contributed by atoms with Crippen LogP contribution in [0.25, 0.3) is 0 Å². The molecule has 82 valence electrons. The highest BCUT2D eigenvalue weighted by atomic mass is 35.5.